The molecule has 1 fully saturated rings. The van der Waals surface area contributed by atoms with Gasteiger partial charge in [0.25, 0.3) is 0 Å². The molecular formula is C27H34FN3O4. The molecule has 1 aliphatic heterocycles. The Morgan fingerprint density at radius 3 is 2.49 bits per heavy atom. The second kappa shape index (κ2) is 12.0. The number of carbonyl (C=O) groups excluding carboxylic acids is 3. The molecule has 2 aromatic carbocycles. The van der Waals surface area contributed by atoms with Crippen LogP contribution >= 0.6 is 0 Å². The predicted octanol–water partition coefficient (Wildman–Crippen LogP) is 2.60. The maximum atomic E-state index is 14.7. The minimum Gasteiger partial charge on any atom is -0.385 e. The number of rotatable bonds is 10. The summed E-state index contributed by atoms with van der Waals surface area (Å²) in [5.41, 5.74) is 0.553. The molecule has 188 valence electrons. The van der Waals surface area contributed by atoms with Crippen molar-refractivity contribution >= 4 is 17.6 Å². The summed E-state index contributed by atoms with van der Waals surface area (Å²) in [6, 6.07) is 13.8. The molecule has 0 aliphatic carbocycles. The van der Waals surface area contributed by atoms with Gasteiger partial charge in [-0.2, -0.15) is 0 Å². The largest absolute Gasteiger partial charge is 0.385 e. The van der Waals surface area contributed by atoms with E-state index in [1.54, 1.807) is 44.4 Å². The Labute approximate surface area is 205 Å². The highest BCUT2D eigenvalue weighted by Crippen LogP contribution is 2.48. The van der Waals surface area contributed by atoms with Gasteiger partial charge < -0.3 is 20.7 Å². The van der Waals surface area contributed by atoms with Gasteiger partial charge in [-0.3, -0.25) is 14.4 Å². The molecule has 0 bridgehead atoms. The third-order valence-electron chi connectivity index (χ3n) is 6.83. The van der Waals surface area contributed by atoms with Crippen molar-refractivity contribution in [2.75, 3.05) is 39.9 Å². The lowest BCUT2D eigenvalue weighted by atomic mass is 9.60. The average Bonchev–Trinajstić information content (AvgIpc) is 2.86. The molecule has 0 radical (unpaired) electrons. The number of hydrogen-bond donors (Lipinski definition) is 3. The lowest BCUT2D eigenvalue weighted by Gasteiger charge is -2.47. The highest BCUT2D eigenvalue weighted by Gasteiger charge is 2.53. The van der Waals surface area contributed by atoms with Crippen molar-refractivity contribution in [2.24, 2.45) is 11.3 Å². The summed E-state index contributed by atoms with van der Waals surface area (Å²) in [4.78, 5) is 38.8. The first kappa shape index (κ1) is 26.5. The zero-order valence-corrected chi connectivity index (χ0v) is 20.5. The van der Waals surface area contributed by atoms with Gasteiger partial charge >= 0.3 is 0 Å². The van der Waals surface area contributed by atoms with Crippen LogP contribution in [0.4, 0.5) is 4.39 Å². The second-order valence-electron chi connectivity index (χ2n) is 9.04. The SMILES string of the molecule is COCC[C@@]1(C(=O)NCCNC(C)=O)CNC[C@H](C(=O)c2ccccc2)[C@@H]1c1cccc(F)c1C. The number of benzene rings is 2. The van der Waals surface area contributed by atoms with Crippen molar-refractivity contribution < 1.29 is 23.5 Å². The first-order valence-corrected chi connectivity index (χ1v) is 11.9. The highest BCUT2D eigenvalue weighted by molar-refractivity contribution is 5.99. The van der Waals surface area contributed by atoms with Crippen LogP contribution in [0.5, 0.6) is 0 Å². The summed E-state index contributed by atoms with van der Waals surface area (Å²) in [5.74, 6) is -2.09. The number of ether oxygens (including phenoxy) is 1. The van der Waals surface area contributed by atoms with Crippen LogP contribution in [0.2, 0.25) is 0 Å². The van der Waals surface area contributed by atoms with E-state index in [0.717, 1.165) is 0 Å². The Morgan fingerprint density at radius 1 is 1.09 bits per heavy atom. The number of amides is 2. The first-order chi connectivity index (χ1) is 16.8. The fourth-order valence-electron chi connectivity index (χ4n) is 5.05. The Morgan fingerprint density at radius 2 is 1.80 bits per heavy atom. The van der Waals surface area contributed by atoms with Gasteiger partial charge in [-0.15, -0.1) is 0 Å². The normalized spacial score (nSPS) is 21.8. The van der Waals surface area contributed by atoms with Crippen LogP contribution in [0.1, 0.15) is 40.7 Å². The Balaban J connectivity index is 2.09. The van der Waals surface area contributed by atoms with E-state index in [4.69, 9.17) is 4.74 Å². The molecular weight excluding hydrogens is 449 g/mol. The number of hydrogen-bond acceptors (Lipinski definition) is 5. The van der Waals surface area contributed by atoms with Crippen LogP contribution in [0.25, 0.3) is 0 Å². The molecule has 1 aliphatic rings. The Kier molecular flexibility index (Phi) is 9.12. The third-order valence-corrected chi connectivity index (χ3v) is 6.83. The van der Waals surface area contributed by atoms with E-state index < -0.39 is 17.3 Å². The number of halogens is 1. The van der Waals surface area contributed by atoms with Crippen LogP contribution in [0, 0.1) is 24.1 Å². The van der Waals surface area contributed by atoms with Crippen molar-refractivity contribution in [1.29, 1.82) is 0 Å². The number of carbonyl (C=O) groups is 3. The van der Waals surface area contributed by atoms with Crippen molar-refractivity contribution in [3.8, 4) is 0 Å². The summed E-state index contributed by atoms with van der Waals surface area (Å²) in [7, 11) is 1.56. The van der Waals surface area contributed by atoms with Crippen molar-refractivity contribution in [3.63, 3.8) is 0 Å². The van der Waals surface area contributed by atoms with Gasteiger partial charge in [0.2, 0.25) is 11.8 Å². The van der Waals surface area contributed by atoms with Crippen LogP contribution in [-0.2, 0) is 14.3 Å². The molecule has 3 N–H and O–H groups in total. The maximum Gasteiger partial charge on any atom is 0.228 e. The summed E-state index contributed by atoms with van der Waals surface area (Å²) in [6.45, 7) is 4.58. The fraction of sp³-hybridized carbons (Fsp3) is 0.444. The quantitative estimate of drug-likeness (QED) is 0.357. The molecule has 2 amide bonds. The van der Waals surface area contributed by atoms with Crippen LogP contribution in [0.15, 0.2) is 48.5 Å². The van der Waals surface area contributed by atoms with E-state index in [9.17, 15) is 18.8 Å². The monoisotopic (exact) mass is 483 g/mol. The van der Waals surface area contributed by atoms with E-state index in [1.807, 2.05) is 12.1 Å². The smallest absolute Gasteiger partial charge is 0.228 e. The van der Waals surface area contributed by atoms with Gasteiger partial charge in [-0.25, -0.2) is 4.39 Å². The summed E-state index contributed by atoms with van der Waals surface area (Å²) in [5, 5.41) is 8.91. The molecule has 2 aromatic rings. The van der Waals surface area contributed by atoms with Gasteiger partial charge in [0.15, 0.2) is 5.78 Å². The number of piperidine rings is 1. The van der Waals surface area contributed by atoms with Gasteiger partial charge in [0.1, 0.15) is 5.82 Å². The first-order valence-electron chi connectivity index (χ1n) is 11.9. The highest BCUT2D eigenvalue weighted by atomic mass is 19.1. The summed E-state index contributed by atoms with van der Waals surface area (Å²) >= 11 is 0. The van der Waals surface area contributed by atoms with Crippen molar-refractivity contribution in [3.05, 3.63) is 71.0 Å². The predicted molar refractivity (Wildman–Crippen MR) is 132 cm³/mol. The van der Waals surface area contributed by atoms with Crippen molar-refractivity contribution in [2.45, 2.75) is 26.2 Å². The average molecular weight is 484 g/mol. The molecule has 7 nitrogen and oxygen atoms in total. The van der Waals surface area contributed by atoms with Gasteiger partial charge in [0, 0.05) is 64.2 Å². The molecule has 3 rings (SSSR count). The molecule has 0 saturated carbocycles. The van der Waals surface area contributed by atoms with E-state index in [-0.39, 0.29) is 43.1 Å². The fourth-order valence-corrected chi connectivity index (χ4v) is 5.05. The van der Waals surface area contributed by atoms with Gasteiger partial charge in [0.05, 0.1) is 5.41 Å². The Hall–Kier alpha value is -3.10. The van der Waals surface area contributed by atoms with E-state index in [0.29, 0.717) is 36.2 Å². The molecule has 35 heavy (non-hydrogen) atoms. The number of methoxy groups -OCH3 is 1. The molecule has 0 spiro atoms. The van der Waals surface area contributed by atoms with Gasteiger partial charge in [-0.05, 0) is 30.5 Å². The molecule has 1 saturated heterocycles. The zero-order chi connectivity index (χ0) is 25.4. The minimum atomic E-state index is -1.07. The van der Waals surface area contributed by atoms with E-state index >= 15 is 0 Å². The Bertz CT molecular complexity index is 1050. The zero-order valence-electron chi connectivity index (χ0n) is 20.5. The topological polar surface area (TPSA) is 96.5 Å². The standard InChI is InChI=1S/C27H34FN3O4/c1-18-21(10-7-11-23(18)28)24-22(25(33)20-8-5-4-6-9-20)16-29-17-27(24,12-15-35-3)26(34)31-14-13-30-19(2)32/h4-11,22,24,29H,12-17H2,1-3H3,(H,30,32)(H,31,34)/t22-,24-,27+/m0/s1. The lowest BCUT2D eigenvalue weighted by Crippen LogP contribution is -2.60. The van der Waals surface area contributed by atoms with Gasteiger partial charge in [-0.1, -0.05) is 42.5 Å². The minimum absolute atomic E-state index is 0.0979. The third kappa shape index (κ3) is 5.94. The van der Waals surface area contributed by atoms with E-state index in [2.05, 4.69) is 16.0 Å². The molecule has 8 heteroatoms. The molecule has 1 heterocycles. The molecule has 3 atom stereocenters. The van der Waals surface area contributed by atoms with Crippen LogP contribution < -0.4 is 16.0 Å². The number of ketones is 1. The number of nitrogens with one attached hydrogen (secondary N) is 3. The molecule has 0 unspecified atom stereocenters. The number of Topliss-reactive ketones (excluding diaryl/α,β-unsaturated/α-hetero) is 1. The van der Waals surface area contributed by atoms with Crippen LogP contribution in [-0.4, -0.2) is 57.5 Å². The second-order valence-corrected chi connectivity index (χ2v) is 9.04. The molecule has 0 aromatic heterocycles. The maximum absolute atomic E-state index is 14.7. The van der Waals surface area contributed by atoms with E-state index in [1.165, 1.54) is 13.0 Å². The van der Waals surface area contributed by atoms with Crippen LogP contribution in [0.3, 0.4) is 0 Å². The summed E-state index contributed by atoms with van der Waals surface area (Å²) in [6.07, 6.45) is 0.335. The lowest BCUT2D eigenvalue weighted by molar-refractivity contribution is -0.135. The van der Waals surface area contributed by atoms with Crippen molar-refractivity contribution in [1.82, 2.24) is 16.0 Å². The summed E-state index contributed by atoms with van der Waals surface area (Å²) < 4.78 is 20.1.